The fourth-order valence-electron chi connectivity index (χ4n) is 1.89. The second-order valence-corrected chi connectivity index (χ2v) is 5.45. The summed E-state index contributed by atoms with van der Waals surface area (Å²) in [6, 6.07) is 7.41. The van der Waals surface area contributed by atoms with Gasteiger partial charge in [-0.05, 0) is 36.8 Å². The summed E-state index contributed by atoms with van der Waals surface area (Å²) >= 11 is 3.27. The van der Waals surface area contributed by atoms with Crippen LogP contribution in [0.2, 0.25) is 0 Å². The van der Waals surface area contributed by atoms with E-state index in [4.69, 9.17) is 5.11 Å². The van der Waals surface area contributed by atoms with Gasteiger partial charge < -0.3 is 10.4 Å². The number of hydrogen-bond acceptors (Lipinski definition) is 3. The number of pyridine rings is 1. The average molecular weight is 353 g/mol. The van der Waals surface area contributed by atoms with E-state index in [2.05, 4.69) is 26.2 Å². The zero-order chi connectivity index (χ0) is 15.4. The maximum Gasteiger partial charge on any atom is 0.335 e. The van der Waals surface area contributed by atoms with Gasteiger partial charge in [-0.1, -0.05) is 29.3 Å². The Bertz CT molecular complexity index is 677. The van der Waals surface area contributed by atoms with Crippen molar-refractivity contribution in [2.75, 3.05) is 5.32 Å². The molecule has 0 aliphatic heterocycles. The quantitative estimate of drug-likeness (QED) is 0.838. The van der Waals surface area contributed by atoms with Gasteiger partial charge >= 0.3 is 5.97 Å². The maximum absolute atomic E-state index is 13.7. The zero-order valence-electron chi connectivity index (χ0n) is 11.4. The Kier molecular flexibility index (Phi) is 4.90. The first-order valence-corrected chi connectivity index (χ1v) is 7.25. The normalized spacial score (nSPS) is 10.4. The summed E-state index contributed by atoms with van der Waals surface area (Å²) in [5, 5.41) is 12.0. The number of nitrogens with zero attached hydrogens (tertiary/aromatic N) is 1. The maximum atomic E-state index is 13.7. The minimum atomic E-state index is -1.03. The number of halogens is 2. The van der Waals surface area contributed by atoms with Crippen LogP contribution in [0.3, 0.4) is 0 Å². The number of nitrogens with one attached hydrogen (secondary N) is 1. The van der Waals surface area contributed by atoms with Gasteiger partial charge in [0, 0.05) is 10.2 Å². The minimum Gasteiger partial charge on any atom is -0.478 e. The molecule has 0 atom stereocenters. The van der Waals surface area contributed by atoms with E-state index in [0.29, 0.717) is 17.9 Å². The van der Waals surface area contributed by atoms with Crippen molar-refractivity contribution < 1.29 is 14.3 Å². The number of aromatic carboxylic acids is 1. The molecule has 4 nitrogen and oxygen atoms in total. The SMILES string of the molecule is CCCc1cc(C(=O)O)cc(Nc2cc(Br)ccc2F)n1. The Morgan fingerprint density at radius 2 is 2.14 bits per heavy atom. The number of carboxylic acid groups (broad SMARTS) is 1. The van der Waals surface area contributed by atoms with Gasteiger partial charge in [0.2, 0.25) is 0 Å². The molecule has 2 N–H and O–H groups in total. The van der Waals surface area contributed by atoms with E-state index >= 15 is 0 Å². The summed E-state index contributed by atoms with van der Waals surface area (Å²) in [7, 11) is 0. The fraction of sp³-hybridized carbons (Fsp3) is 0.200. The van der Waals surface area contributed by atoms with Crippen molar-refractivity contribution in [1.29, 1.82) is 0 Å². The van der Waals surface area contributed by atoms with Crippen molar-refractivity contribution in [3.8, 4) is 0 Å². The Balaban J connectivity index is 2.38. The molecule has 2 aromatic rings. The Hall–Kier alpha value is -1.95. The number of aromatic nitrogens is 1. The highest BCUT2D eigenvalue weighted by atomic mass is 79.9. The van der Waals surface area contributed by atoms with Crippen LogP contribution in [0.25, 0.3) is 0 Å². The van der Waals surface area contributed by atoms with Gasteiger partial charge in [-0.2, -0.15) is 0 Å². The van der Waals surface area contributed by atoms with Crippen LogP contribution in [0.1, 0.15) is 29.4 Å². The molecule has 6 heteroatoms. The molecule has 2 rings (SSSR count). The van der Waals surface area contributed by atoms with Crippen molar-refractivity contribution in [2.24, 2.45) is 0 Å². The van der Waals surface area contributed by atoms with Crippen molar-refractivity contribution in [2.45, 2.75) is 19.8 Å². The molecule has 0 spiro atoms. The fourth-order valence-corrected chi connectivity index (χ4v) is 2.25. The molecule has 0 fully saturated rings. The third kappa shape index (κ3) is 4.01. The van der Waals surface area contributed by atoms with E-state index in [1.165, 1.54) is 18.2 Å². The summed E-state index contributed by atoms with van der Waals surface area (Å²) in [5.74, 6) is -1.15. The minimum absolute atomic E-state index is 0.131. The van der Waals surface area contributed by atoms with Crippen LogP contribution in [0, 0.1) is 5.82 Å². The first-order chi connectivity index (χ1) is 9.99. The lowest BCUT2D eigenvalue weighted by Gasteiger charge is -2.10. The van der Waals surface area contributed by atoms with Crippen molar-refractivity contribution in [3.05, 3.63) is 51.9 Å². The van der Waals surface area contributed by atoms with E-state index in [9.17, 15) is 9.18 Å². The summed E-state index contributed by atoms with van der Waals surface area (Å²) in [6.07, 6.45) is 1.51. The number of aryl methyl sites for hydroxylation is 1. The molecular formula is C15H14BrFN2O2. The van der Waals surface area contributed by atoms with Gasteiger partial charge in [-0.15, -0.1) is 0 Å². The highest BCUT2D eigenvalue weighted by Gasteiger charge is 2.10. The summed E-state index contributed by atoms with van der Waals surface area (Å²) in [4.78, 5) is 15.5. The van der Waals surface area contributed by atoms with Gasteiger partial charge in [0.15, 0.2) is 0 Å². The van der Waals surface area contributed by atoms with Gasteiger partial charge in [-0.3, -0.25) is 0 Å². The predicted octanol–water partition coefficient (Wildman–Crippen LogP) is 4.38. The van der Waals surface area contributed by atoms with Crippen LogP contribution in [-0.4, -0.2) is 16.1 Å². The third-order valence-corrected chi connectivity index (χ3v) is 3.32. The zero-order valence-corrected chi connectivity index (χ0v) is 12.9. The lowest BCUT2D eigenvalue weighted by molar-refractivity contribution is 0.0696. The van der Waals surface area contributed by atoms with Gasteiger partial charge in [0.1, 0.15) is 11.6 Å². The molecule has 0 saturated carbocycles. The summed E-state index contributed by atoms with van der Waals surface area (Å²) < 4.78 is 14.5. The number of benzene rings is 1. The van der Waals surface area contributed by atoms with Crippen molar-refractivity contribution in [1.82, 2.24) is 4.98 Å². The summed E-state index contributed by atoms with van der Waals surface area (Å²) in [6.45, 7) is 1.98. The molecule has 0 aliphatic carbocycles. The topological polar surface area (TPSA) is 62.2 Å². The first-order valence-electron chi connectivity index (χ1n) is 6.46. The number of carboxylic acids is 1. The van der Waals surface area contributed by atoms with Crippen molar-refractivity contribution >= 4 is 33.4 Å². The molecule has 0 saturated heterocycles. The van der Waals surface area contributed by atoms with E-state index < -0.39 is 11.8 Å². The van der Waals surface area contributed by atoms with Crippen LogP contribution in [0.5, 0.6) is 0 Å². The highest BCUT2D eigenvalue weighted by molar-refractivity contribution is 9.10. The number of hydrogen-bond donors (Lipinski definition) is 2. The third-order valence-electron chi connectivity index (χ3n) is 2.82. The molecule has 1 heterocycles. The smallest absolute Gasteiger partial charge is 0.335 e. The average Bonchev–Trinajstić information content (AvgIpc) is 2.43. The van der Waals surface area contributed by atoms with E-state index in [-0.39, 0.29) is 11.3 Å². The molecule has 0 aliphatic rings. The second-order valence-electron chi connectivity index (χ2n) is 4.54. The molecule has 1 aromatic carbocycles. The molecule has 0 bridgehead atoms. The lowest BCUT2D eigenvalue weighted by Crippen LogP contribution is -2.04. The first kappa shape index (κ1) is 15.4. The van der Waals surface area contributed by atoms with Crippen molar-refractivity contribution in [3.63, 3.8) is 0 Å². The van der Waals surface area contributed by atoms with E-state index in [1.54, 1.807) is 12.1 Å². The van der Waals surface area contributed by atoms with Crippen LogP contribution in [0.4, 0.5) is 15.9 Å². The molecule has 0 amide bonds. The Morgan fingerprint density at radius 1 is 1.38 bits per heavy atom. The van der Waals surface area contributed by atoms with E-state index in [1.807, 2.05) is 6.92 Å². The Morgan fingerprint density at radius 3 is 2.81 bits per heavy atom. The lowest BCUT2D eigenvalue weighted by atomic mass is 10.1. The standard InChI is InChI=1S/C15H14BrFN2O2/c1-2-3-11-6-9(15(20)21)7-14(18-11)19-13-8-10(16)4-5-12(13)17/h4-8H,2-3H2,1H3,(H,18,19)(H,20,21). The van der Waals surface area contributed by atoms with Crippen LogP contribution in [-0.2, 0) is 6.42 Å². The number of anilines is 2. The molecule has 110 valence electrons. The summed E-state index contributed by atoms with van der Waals surface area (Å²) in [5.41, 5.74) is 1.03. The molecule has 0 unspecified atom stereocenters. The number of carbonyl (C=O) groups is 1. The Labute approximate surface area is 130 Å². The molecule has 21 heavy (non-hydrogen) atoms. The molecule has 1 aromatic heterocycles. The van der Waals surface area contributed by atoms with Crippen LogP contribution < -0.4 is 5.32 Å². The van der Waals surface area contributed by atoms with E-state index in [0.717, 1.165) is 10.9 Å². The van der Waals surface area contributed by atoms with Crippen LogP contribution in [0.15, 0.2) is 34.8 Å². The largest absolute Gasteiger partial charge is 0.478 e. The highest BCUT2D eigenvalue weighted by Crippen LogP contribution is 2.24. The van der Waals surface area contributed by atoms with Gasteiger partial charge in [-0.25, -0.2) is 14.2 Å². The number of rotatable bonds is 5. The van der Waals surface area contributed by atoms with Gasteiger partial charge in [0.25, 0.3) is 0 Å². The second kappa shape index (κ2) is 6.67. The van der Waals surface area contributed by atoms with Crippen LogP contribution >= 0.6 is 15.9 Å². The monoisotopic (exact) mass is 352 g/mol. The molecular weight excluding hydrogens is 339 g/mol. The van der Waals surface area contributed by atoms with Gasteiger partial charge in [0.05, 0.1) is 11.3 Å². The molecule has 0 radical (unpaired) electrons. The predicted molar refractivity (Wildman–Crippen MR) is 82.6 cm³/mol.